The largest absolute Gasteiger partial charge is 0.478 e. The van der Waals surface area contributed by atoms with E-state index in [1.165, 1.54) is 0 Å². The molecule has 0 bridgehead atoms. The molecule has 0 rings (SSSR count). The third-order valence-electron chi connectivity index (χ3n) is 2.42. The van der Waals surface area contributed by atoms with Crippen LogP contribution in [0.2, 0.25) is 0 Å². The summed E-state index contributed by atoms with van der Waals surface area (Å²) in [7, 11) is 0. The SMILES string of the molecule is C=C(C(=O)O)C(C)N(C(C)C)C(C)C. The standard InChI is InChI=1S/C11H21NO2/c1-7(2)12(8(3)4)10(6)9(5)11(13)14/h7-8,10H,5H2,1-4,6H3,(H,13,14). The van der Waals surface area contributed by atoms with Gasteiger partial charge in [-0.25, -0.2) is 4.79 Å². The highest BCUT2D eigenvalue weighted by Gasteiger charge is 2.25. The van der Waals surface area contributed by atoms with E-state index in [9.17, 15) is 4.79 Å². The maximum Gasteiger partial charge on any atom is 0.332 e. The Kier molecular flexibility index (Phi) is 4.85. The Morgan fingerprint density at radius 1 is 1.14 bits per heavy atom. The number of hydrogen-bond donors (Lipinski definition) is 1. The fraction of sp³-hybridized carbons (Fsp3) is 0.727. The molecule has 82 valence electrons. The molecule has 1 unspecified atom stereocenters. The van der Waals surface area contributed by atoms with Crippen LogP contribution in [-0.4, -0.2) is 34.1 Å². The normalized spacial score (nSPS) is 13.7. The molecule has 0 heterocycles. The van der Waals surface area contributed by atoms with Crippen LogP contribution in [0.5, 0.6) is 0 Å². The third kappa shape index (κ3) is 3.14. The molecule has 14 heavy (non-hydrogen) atoms. The van der Waals surface area contributed by atoms with Gasteiger partial charge in [-0.2, -0.15) is 0 Å². The van der Waals surface area contributed by atoms with Gasteiger partial charge in [-0.05, 0) is 34.6 Å². The quantitative estimate of drug-likeness (QED) is 0.690. The second-order valence-electron chi connectivity index (χ2n) is 4.14. The number of carboxylic acid groups (broad SMARTS) is 1. The van der Waals surface area contributed by atoms with Gasteiger partial charge >= 0.3 is 5.97 Å². The van der Waals surface area contributed by atoms with Crippen molar-refractivity contribution in [2.75, 3.05) is 0 Å². The molecule has 0 saturated carbocycles. The minimum atomic E-state index is -0.913. The number of rotatable bonds is 5. The number of hydrogen-bond acceptors (Lipinski definition) is 2. The molecule has 0 aromatic carbocycles. The van der Waals surface area contributed by atoms with Gasteiger partial charge in [0.05, 0.1) is 0 Å². The van der Waals surface area contributed by atoms with Gasteiger partial charge in [0.15, 0.2) is 0 Å². The Labute approximate surface area is 86.4 Å². The van der Waals surface area contributed by atoms with Gasteiger partial charge in [0.2, 0.25) is 0 Å². The number of nitrogens with zero attached hydrogens (tertiary/aromatic N) is 1. The van der Waals surface area contributed by atoms with Crippen molar-refractivity contribution in [1.82, 2.24) is 4.90 Å². The molecule has 0 aromatic heterocycles. The van der Waals surface area contributed by atoms with Crippen LogP contribution in [0, 0.1) is 0 Å². The van der Waals surface area contributed by atoms with Crippen molar-refractivity contribution >= 4 is 5.97 Å². The van der Waals surface area contributed by atoms with Crippen molar-refractivity contribution < 1.29 is 9.90 Å². The molecule has 0 spiro atoms. The first-order valence-corrected chi connectivity index (χ1v) is 4.98. The van der Waals surface area contributed by atoms with Crippen LogP contribution in [-0.2, 0) is 4.79 Å². The van der Waals surface area contributed by atoms with Crippen molar-refractivity contribution in [2.45, 2.75) is 52.7 Å². The Hall–Kier alpha value is -0.830. The van der Waals surface area contributed by atoms with E-state index in [0.717, 1.165) is 0 Å². The molecule has 0 aliphatic heterocycles. The molecular weight excluding hydrogens is 178 g/mol. The highest BCUT2D eigenvalue weighted by atomic mass is 16.4. The van der Waals surface area contributed by atoms with E-state index in [2.05, 4.69) is 39.2 Å². The lowest BCUT2D eigenvalue weighted by Gasteiger charge is -2.36. The van der Waals surface area contributed by atoms with Crippen LogP contribution < -0.4 is 0 Å². The molecule has 0 aromatic rings. The van der Waals surface area contributed by atoms with Crippen molar-refractivity contribution in [2.24, 2.45) is 0 Å². The zero-order chi connectivity index (χ0) is 11.5. The fourth-order valence-electron chi connectivity index (χ4n) is 1.85. The van der Waals surface area contributed by atoms with E-state index < -0.39 is 5.97 Å². The smallest absolute Gasteiger partial charge is 0.332 e. The summed E-state index contributed by atoms with van der Waals surface area (Å²) in [6.45, 7) is 13.7. The molecule has 0 aliphatic carbocycles. The summed E-state index contributed by atoms with van der Waals surface area (Å²) in [5.74, 6) is -0.913. The zero-order valence-electron chi connectivity index (χ0n) is 9.74. The monoisotopic (exact) mass is 199 g/mol. The zero-order valence-corrected chi connectivity index (χ0v) is 9.74. The third-order valence-corrected chi connectivity index (χ3v) is 2.42. The van der Waals surface area contributed by atoms with Gasteiger partial charge < -0.3 is 5.11 Å². The Morgan fingerprint density at radius 3 is 1.71 bits per heavy atom. The fourth-order valence-corrected chi connectivity index (χ4v) is 1.85. The lowest BCUT2D eigenvalue weighted by Crippen LogP contribution is -2.45. The first-order chi connectivity index (χ1) is 6.29. The summed E-state index contributed by atoms with van der Waals surface area (Å²) in [5.41, 5.74) is 0.257. The predicted molar refractivity (Wildman–Crippen MR) is 58.3 cm³/mol. The molecular formula is C11H21NO2. The van der Waals surface area contributed by atoms with Gasteiger partial charge in [-0.15, -0.1) is 0 Å². The molecule has 1 atom stereocenters. The van der Waals surface area contributed by atoms with E-state index in [-0.39, 0.29) is 11.6 Å². The molecule has 0 aliphatic rings. The second kappa shape index (κ2) is 5.15. The maximum atomic E-state index is 10.8. The molecule has 1 N–H and O–H groups in total. The predicted octanol–water partition coefficient (Wildman–Crippen LogP) is 2.13. The summed E-state index contributed by atoms with van der Waals surface area (Å²) in [6.07, 6.45) is 0. The average molecular weight is 199 g/mol. The van der Waals surface area contributed by atoms with Gasteiger partial charge in [0, 0.05) is 23.7 Å². The summed E-state index contributed by atoms with van der Waals surface area (Å²) in [6, 6.07) is 0.523. The van der Waals surface area contributed by atoms with Crippen LogP contribution in [0.1, 0.15) is 34.6 Å². The minimum Gasteiger partial charge on any atom is -0.478 e. The minimum absolute atomic E-state index is 0.118. The Morgan fingerprint density at radius 2 is 1.50 bits per heavy atom. The molecule has 0 amide bonds. The van der Waals surface area contributed by atoms with Crippen molar-refractivity contribution in [1.29, 1.82) is 0 Å². The molecule has 3 heteroatoms. The van der Waals surface area contributed by atoms with Crippen molar-refractivity contribution in [3.8, 4) is 0 Å². The van der Waals surface area contributed by atoms with Crippen molar-refractivity contribution in [3.63, 3.8) is 0 Å². The van der Waals surface area contributed by atoms with Crippen LogP contribution in [0.3, 0.4) is 0 Å². The number of aliphatic carboxylic acids is 1. The van der Waals surface area contributed by atoms with Crippen LogP contribution >= 0.6 is 0 Å². The van der Waals surface area contributed by atoms with E-state index in [4.69, 9.17) is 5.11 Å². The summed E-state index contributed by atoms with van der Waals surface area (Å²) >= 11 is 0. The first kappa shape index (κ1) is 13.2. The van der Waals surface area contributed by atoms with E-state index in [0.29, 0.717) is 12.1 Å². The Bertz CT molecular complexity index is 213. The lowest BCUT2D eigenvalue weighted by molar-refractivity contribution is -0.133. The number of carboxylic acids is 1. The van der Waals surface area contributed by atoms with Crippen LogP contribution in [0.15, 0.2) is 12.2 Å². The second-order valence-corrected chi connectivity index (χ2v) is 4.14. The van der Waals surface area contributed by atoms with Crippen molar-refractivity contribution in [3.05, 3.63) is 12.2 Å². The van der Waals surface area contributed by atoms with E-state index in [1.807, 2.05) is 6.92 Å². The average Bonchev–Trinajstić information content (AvgIpc) is 2.01. The number of carbonyl (C=O) groups is 1. The maximum absolute atomic E-state index is 10.8. The van der Waals surface area contributed by atoms with Crippen LogP contribution in [0.4, 0.5) is 0 Å². The highest BCUT2D eigenvalue weighted by molar-refractivity contribution is 5.87. The van der Waals surface area contributed by atoms with Gasteiger partial charge in [0.25, 0.3) is 0 Å². The van der Waals surface area contributed by atoms with Gasteiger partial charge in [-0.1, -0.05) is 6.58 Å². The topological polar surface area (TPSA) is 40.5 Å². The Balaban J connectivity index is 4.68. The molecule has 0 saturated heterocycles. The molecule has 0 radical (unpaired) electrons. The van der Waals surface area contributed by atoms with Gasteiger partial charge in [0.1, 0.15) is 0 Å². The molecule has 0 fully saturated rings. The van der Waals surface area contributed by atoms with Gasteiger partial charge in [-0.3, -0.25) is 4.90 Å². The highest BCUT2D eigenvalue weighted by Crippen LogP contribution is 2.16. The summed E-state index contributed by atoms with van der Waals surface area (Å²) < 4.78 is 0. The summed E-state index contributed by atoms with van der Waals surface area (Å²) in [5, 5.41) is 8.84. The first-order valence-electron chi connectivity index (χ1n) is 4.98. The summed E-state index contributed by atoms with van der Waals surface area (Å²) in [4.78, 5) is 12.9. The van der Waals surface area contributed by atoms with E-state index >= 15 is 0 Å². The van der Waals surface area contributed by atoms with Crippen LogP contribution in [0.25, 0.3) is 0 Å². The molecule has 3 nitrogen and oxygen atoms in total. The lowest BCUT2D eigenvalue weighted by atomic mass is 10.1. The van der Waals surface area contributed by atoms with E-state index in [1.54, 1.807) is 0 Å².